The topological polar surface area (TPSA) is 72.2 Å². The molecule has 15 heavy (non-hydrogen) atoms. The molecule has 3 N–H and O–H groups in total. The van der Waals surface area contributed by atoms with Crippen molar-refractivity contribution in [3.8, 4) is 0 Å². The lowest BCUT2D eigenvalue weighted by atomic mass is 10.2. The Kier molecular flexibility index (Phi) is 2.44. The average molecular weight is 226 g/mol. The molecule has 1 unspecified atom stereocenters. The van der Waals surface area contributed by atoms with Crippen LogP contribution in [0, 0.1) is 0 Å². The van der Waals surface area contributed by atoms with E-state index >= 15 is 0 Å². The Morgan fingerprint density at radius 3 is 2.93 bits per heavy atom. The average Bonchev–Trinajstić information content (AvgIpc) is 2.23. The highest BCUT2D eigenvalue weighted by molar-refractivity contribution is 7.92. The van der Waals surface area contributed by atoms with Gasteiger partial charge in [0.15, 0.2) is 9.84 Å². The summed E-state index contributed by atoms with van der Waals surface area (Å²) in [6.45, 7) is 2.42. The van der Waals surface area contributed by atoms with Crippen molar-refractivity contribution in [2.45, 2.75) is 23.6 Å². The molecule has 82 valence electrons. The van der Waals surface area contributed by atoms with Gasteiger partial charge in [0.25, 0.3) is 0 Å². The summed E-state index contributed by atoms with van der Waals surface area (Å²) in [7, 11) is -3.21. The summed E-state index contributed by atoms with van der Waals surface area (Å²) in [6, 6.07) is 5.35. The van der Waals surface area contributed by atoms with Crippen LogP contribution in [0.1, 0.15) is 12.5 Å². The van der Waals surface area contributed by atoms with Crippen molar-refractivity contribution in [1.82, 2.24) is 0 Å². The fraction of sp³-hybridized carbons (Fsp3) is 0.400. The molecule has 1 aromatic carbocycles. The smallest absolute Gasteiger partial charge is 0.185 e. The second kappa shape index (κ2) is 3.50. The summed E-state index contributed by atoms with van der Waals surface area (Å²) in [5, 5.41) is 2.72. The second-order valence-corrected chi connectivity index (χ2v) is 6.04. The Bertz CT molecular complexity index is 468. The first-order chi connectivity index (χ1) is 7.07. The highest BCUT2D eigenvalue weighted by Crippen LogP contribution is 2.32. The van der Waals surface area contributed by atoms with Crippen molar-refractivity contribution in [2.24, 2.45) is 5.73 Å². The van der Waals surface area contributed by atoms with Crippen LogP contribution >= 0.6 is 0 Å². The molecule has 1 aromatic rings. The number of sulfone groups is 1. The third-order valence-electron chi connectivity index (χ3n) is 2.71. The Labute approximate surface area is 89.4 Å². The van der Waals surface area contributed by atoms with E-state index in [4.69, 9.17) is 5.73 Å². The van der Waals surface area contributed by atoms with E-state index in [2.05, 4.69) is 5.32 Å². The Hall–Kier alpha value is -1.07. The number of hydrogen-bond acceptors (Lipinski definition) is 4. The highest BCUT2D eigenvalue weighted by atomic mass is 32.2. The molecule has 0 amide bonds. The minimum Gasteiger partial charge on any atom is -0.383 e. The molecule has 0 fully saturated rings. The molecule has 1 heterocycles. The molecule has 0 spiro atoms. The highest BCUT2D eigenvalue weighted by Gasteiger charge is 2.32. The first kappa shape index (κ1) is 10.4. The van der Waals surface area contributed by atoms with Crippen LogP contribution in [0.25, 0.3) is 0 Å². The minimum atomic E-state index is -3.21. The normalized spacial score (nSPS) is 22.9. The lowest BCUT2D eigenvalue weighted by Crippen LogP contribution is -2.33. The molecule has 1 aliphatic heterocycles. The lowest BCUT2D eigenvalue weighted by molar-refractivity contribution is 0.581. The SMILES string of the molecule is CC1CNc2cccc(CN)c2S1(=O)=O. The van der Waals surface area contributed by atoms with E-state index in [0.717, 1.165) is 0 Å². The van der Waals surface area contributed by atoms with Crippen LogP contribution in [0.15, 0.2) is 23.1 Å². The molecule has 1 atom stereocenters. The number of fused-ring (bicyclic) bond motifs is 1. The van der Waals surface area contributed by atoms with Crippen LogP contribution in [-0.4, -0.2) is 20.2 Å². The van der Waals surface area contributed by atoms with E-state index < -0.39 is 15.1 Å². The zero-order valence-corrected chi connectivity index (χ0v) is 9.34. The third-order valence-corrected chi connectivity index (χ3v) is 4.99. The van der Waals surface area contributed by atoms with Gasteiger partial charge in [0.2, 0.25) is 0 Å². The summed E-state index contributed by atoms with van der Waals surface area (Å²) >= 11 is 0. The van der Waals surface area contributed by atoms with Gasteiger partial charge in [-0.25, -0.2) is 8.42 Å². The molecule has 2 rings (SSSR count). The maximum Gasteiger partial charge on any atom is 0.185 e. The molecule has 0 saturated carbocycles. The molecule has 0 bridgehead atoms. The van der Waals surface area contributed by atoms with Crippen molar-refractivity contribution in [1.29, 1.82) is 0 Å². The summed E-state index contributed by atoms with van der Waals surface area (Å²) < 4.78 is 24.2. The zero-order valence-electron chi connectivity index (χ0n) is 8.53. The van der Waals surface area contributed by atoms with E-state index in [1.165, 1.54) is 0 Å². The third kappa shape index (κ3) is 1.52. The van der Waals surface area contributed by atoms with Gasteiger partial charge >= 0.3 is 0 Å². The Balaban J connectivity index is 2.71. The minimum absolute atomic E-state index is 0.247. The van der Waals surface area contributed by atoms with Crippen LogP contribution in [0.4, 0.5) is 5.69 Å². The number of benzene rings is 1. The lowest BCUT2D eigenvalue weighted by Gasteiger charge is -2.25. The number of rotatable bonds is 1. The zero-order chi connectivity index (χ0) is 11.1. The van der Waals surface area contributed by atoms with Gasteiger partial charge in [-0.15, -0.1) is 0 Å². The van der Waals surface area contributed by atoms with Gasteiger partial charge < -0.3 is 11.1 Å². The van der Waals surface area contributed by atoms with Crippen molar-refractivity contribution in [3.63, 3.8) is 0 Å². The van der Waals surface area contributed by atoms with Crippen molar-refractivity contribution < 1.29 is 8.42 Å². The van der Waals surface area contributed by atoms with Gasteiger partial charge in [0.05, 0.1) is 15.8 Å². The van der Waals surface area contributed by atoms with Gasteiger partial charge in [0.1, 0.15) is 0 Å². The predicted octanol–water partition coefficient (Wildman–Crippen LogP) is 0.733. The van der Waals surface area contributed by atoms with E-state index in [1.54, 1.807) is 19.1 Å². The molecule has 0 saturated heterocycles. The van der Waals surface area contributed by atoms with E-state index in [9.17, 15) is 8.42 Å². The van der Waals surface area contributed by atoms with Crippen LogP contribution in [-0.2, 0) is 16.4 Å². The van der Waals surface area contributed by atoms with Crippen LogP contribution in [0.2, 0.25) is 0 Å². The largest absolute Gasteiger partial charge is 0.383 e. The quantitative estimate of drug-likeness (QED) is 0.740. The maximum atomic E-state index is 12.1. The predicted molar refractivity (Wildman–Crippen MR) is 59.5 cm³/mol. The summed E-state index contributed by atoms with van der Waals surface area (Å²) in [5.41, 5.74) is 6.91. The Morgan fingerprint density at radius 2 is 2.27 bits per heavy atom. The standard InChI is InChI=1S/C10H14N2O2S/c1-7-6-12-9-4-2-3-8(5-11)10(9)15(7,13)14/h2-4,7,12H,5-6,11H2,1H3. The molecule has 0 aromatic heterocycles. The second-order valence-electron chi connectivity index (χ2n) is 3.73. The van der Waals surface area contributed by atoms with Crippen LogP contribution < -0.4 is 11.1 Å². The van der Waals surface area contributed by atoms with E-state index in [-0.39, 0.29) is 6.54 Å². The molecule has 1 aliphatic rings. The first-order valence-corrected chi connectivity index (χ1v) is 6.41. The number of nitrogens with one attached hydrogen (secondary N) is 1. The van der Waals surface area contributed by atoms with Gasteiger partial charge in [-0.05, 0) is 18.6 Å². The van der Waals surface area contributed by atoms with Gasteiger partial charge in [-0.2, -0.15) is 0 Å². The van der Waals surface area contributed by atoms with Gasteiger partial charge in [-0.1, -0.05) is 12.1 Å². The molecular weight excluding hydrogens is 212 g/mol. The van der Waals surface area contributed by atoms with Crippen molar-refractivity contribution in [3.05, 3.63) is 23.8 Å². The summed E-state index contributed by atoms with van der Waals surface area (Å²) in [6.07, 6.45) is 0. The summed E-state index contributed by atoms with van der Waals surface area (Å²) in [4.78, 5) is 0.381. The van der Waals surface area contributed by atoms with Crippen molar-refractivity contribution >= 4 is 15.5 Å². The van der Waals surface area contributed by atoms with Crippen LogP contribution in [0.5, 0.6) is 0 Å². The van der Waals surface area contributed by atoms with Crippen LogP contribution in [0.3, 0.4) is 0 Å². The molecule has 5 heteroatoms. The monoisotopic (exact) mass is 226 g/mol. The van der Waals surface area contributed by atoms with Gasteiger partial charge in [-0.3, -0.25) is 0 Å². The maximum absolute atomic E-state index is 12.1. The fourth-order valence-electron chi connectivity index (χ4n) is 1.79. The van der Waals surface area contributed by atoms with Crippen molar-refractivity contribution in [2.75, 3.05) is 11.9 Å². The number of hydrogen-bond donors (Lipinski definition) is 2. The summed E-state index contributed by atoms with van der Waals surface area (Å²) in [5.74, 6) is 0. The molecule has 4 nitrogen and oxygen atoms in total. The fourth-order valence-corrected chi connectivity index (χ4v) is 3.45. The number of anilines is 1. The first-order valence-electron chi connectivity index (χ1n) is 4.87. The van der Waals surface area contributed by atoms with Gasteiger partial charge in [0, 0.05) is 13.1 Å². The molecule has 0 aliphatic carbocycles. The molecular formula is C10H14N2O2S. The van der Waals surface area contributed by atoms with E-state index in [1.807, 2.05) is 6.07 Å². The Morgan fingerprint density at radius 1 is 1.53 bits per heavy atom. The molecule has 0 radical (unpaired) electrons. The number of nitrogens with two attached hydrogens (primary N) is 1. The van der Waals surface area contributed by atoms with E-state index in [0.29, 0.717) is 22.7 Å².